The van der Waals surface area contributed by atoms with E-state index in [1.54, 1.807) is 19.1 Å². The second-order valence-corrected chi connectivity index (χ2v) is 4.03. The minimum atomic E-state index is -0.522. The van der Waals surface area contributed by atoms with Crippen LogP contribution in [-0.4, -0.2) is 30.0 Å². The zero-order valence-electron chi connectivity index (χ0n) is 11.1. The van der Waals surface area contributed by atoms with Gasteiger partial charge < -0.3 is 15.8 Å². The number of carbonyl (C=O) groups excluding carboxylic acids is 1. The van der Waals surface area contributed by atoms with Crippen LogP contribution in [0.15, 0.2) is 24.3 Å². The number of nitrogens with two attached hydrogens (primary N) is 1. The smallest absolute Gasteiger partial charge is 0.310 e. The Morgan fingerprint density at radius 1 is 1.50 bits per heavy atom. The monoisotopic (exact) mass is 303 g/mol. The van der Waals surface area contributed by atoms with Crippen LogP contribution in [0.4, 0.5) is 5.69 Å². The number of nitro groups is 1. The number of para-hydroxylation sites is 2. The molecule has 0 fully saturated rings. The van der Waals surface area contributed by atoms with Gasteiger partial charge in [-0.1, -0.05) is 12.1 Å². The predicted octanol–water partition coefficient (Wildman–Crippen LogP) is 1.25. The minimum absolute atomic E-state index is 0. The van der Waals surface area contributed by atoms with E-state index in [1.165, 1.54) is 12.1 Å². The number of rotatable bonds is 7. The molecule has 1 rings (SSSR count). The van der Waals surface area contributed by atoms with Crippen LogP contribution in [0.1, 0.15) is 13.3 Å². The summed E-state index contributed by atoms with van der Waals surface area (Å²) in [5.74, 6) is -0.0382. The van der Waals surface area contributed by atoms with Crippen LogP contribution in [0.3, 0.4) is 0 Å². The van der Waals surface area contributed by atoms with E-state index in [0.717, 1.165) is 0 Å². The van der Waals surface area contributed by atoms with E-state index >= 15 is 0 Å². The molecule has 0 heterocycles. The van der Waals surface area contributed by atoms with Gasteiger partial charge in [-0.15, -0.1) is 12.4 Å². The van der Waals surface area contributed by atoms with E-state index in [1.807, 2.05) is 0 Å². The SMILES string of the molecule is C[C@@H](CN)NC(=O)CCOc1ccccc1[N+](=O)[O-].Cl. The van der Waals surface area contributed by atoms with Gasteiger partial charge in [0, 0.05) is 18.7 Å². The van der Waals surface area contributed by atoms with Crippen LogP contribution < -0.4 is 15.8 Å². The molecule has 8 heteroatoms. The molecule has 0 aromatic heterocycles. The number of nitrogens with zero attached hydrogens (tertiary/aromatic N) is 1. The van der Waals surface area contributed by atoms with Gasteiger partial charge in [-0.05, 0) is 13.0 Å². The quantitative estimate of drug-likeness (QED) is 0.582. The Bertz CT molecular complexity index is 456. The van der Waals surface area contributed by atoms with E-state index in [9.17, 15) is 14.9 Å². The molecule has 0 unspecified atom stereocenters. The molecule has 1 amide bonds. The first-order valence-corrected chi connectivity index (χ1v) is 5.90. The van der Waals surface area contributed by atoms with Gasteiger partial charge in [0.2, 0.25) is 5.91 Å². The van der Waals surface area contributed by atoms with Gasteiger partial charge in [-0.25, -0.2) is 0 Å². The van der Waals surface area contributed by atoms with Crippen LogP contribution in [0.25, 0.3) is 0 Å². The number of hydrogen-bond acceptors (Lipinski definition) is 5. The molecule has 0 saturated heterocycles. The molecular weight excluding hydrogens is 286 g/mol. The largest absolute Gasteiger partial charge is 0.486 e. The fourth-order valence-electron chi connectivity index (χ4n) is 1.39. The van der Waals surface area contributed by atoms with Gasteiger partial charge >= 0.3 is 5.69 Å². The Labute approximate surface area is 123 Å². The highest BCUT2D eigenvalue weighted by Gasteiger charge is 2.14. The minimum Gasteiger partial charge on any atom is -0.486 e. The highest BCUT2D eigenvalue weighted by molar-refractivity contribution is 5.85. The lowest BCUT2D eigenvalue weighted by Crippen LogP contribution is -2.38. The molecular formula is C12H18ClN3O4. The summed E-state index contributed by atoms with van der Waals surface area (Å²) in [5, 5.41) is 13.4. The van der Waals surface area contributed by atoms with Gasteiger partial charge in [0.1, 0.15) is 0 Å². The van der Waals surface area contributed by atoms with E-state index in [0.29, 0.717) is 6.54 Å². The fraction of sp³-hybridized carbons (Fsp3) is 0.417. The van der Waals surface area contributed by atoms with Crippen molar-refractivity contribution in [3.8, 4) is 5.75 Å². The van der Waals surface area contributed by atoms with Crippen LogP contribution in [0, 0.1) is 10.1 Å². The lowest BCUT2D eigenvalue weighted by atomic mass is 10.3. The molecule has 1 atom stereocenters. The summed E-state index contributed by atoms with van der Waals surface area (Å²) in [7, 11) is 0. The summed E-state index contributed by atoms with van der Waals surface area (Å²) in [6, 6.07) is 5.95. The lowest BCUT2D eigenvalue weighted by molar-refractivity contribution is -0.385. The Balaban J connectivity index is 0.00000361. The number of carbonyl (C=O) groups is 1. The molecule has 0 saturated carbocycles. The molecule has 7 nitrogen and oxygen atoms in total. The third-order valence-electron chi connectivity index (χ3n) is 2.41. The summed E-state index contributed by atoms with van der Waals surface area (Å²) >= 11 is 0. The average Bonchev–Trinajstić information content (AvgIpc) is 2.38. The summed E-state index contributed by atoms with van der Waals surface area (Å²) < 4.78 is 5.25. The first-order chi connectivity index (χ1) is 9.04. The van der Waals surface area contributed by atoms with Gasteiger partial charge in [-0.3, -0.25) is 14.9 Å². The number of halogens is 1. The van der Waals surface area contributed by atoms with Crippen LogP contribution in [-0.2, 0) is 4.79 Å². The molecule has 0 bridgehead atoms. The molecule has 20 heavy (non-hydrogen) atoms. The van der Waals surface area contributed by atoms with Gasteiger partial charge in [0.15, 0.2) is 5.75 Å². The normalized spacial score (nSPS) is 11.1. The highest BCUT2D eigenvalue weighted by Crippen LogP contribution is 2.25. The van der Waals surface area contributed by atoms with Crippen LogP contribution in [0.5, 0.6) is 5.75 Å². The summed E-state index contributed by atoms with van der Waals surface area (Å²) in [5.41, 5.74) is 5.26. The molecule has 3 N–H and O–H groups in total. The number of ether oxygens (including phenoxy) is 1. The third kappa shape index (κ3) is 5.85. The van der Waals surface area contributed by atoms with E-state index in [-0.39, 0.29) is 48.8 Å². The number of benzene rings is 1. The zero-order chi connectivity index (χ0) is 14.3. The number of hydrogen-bond donors (Lipinski definition) is 2. The van der Waals surface area contributed by atoms with E-state index in [2.05, 4.69) is 5.32 Å². The zero-order valence-corrected chi connectivity index (χ0v) is 11.9. The van der Waals surface area contributed by atoms with Crippen molar-refractivity contribution in [2.75, 3.05) is 13.2 Å². The predicted molar refractivity (Wildman–Crippen MR) is 77.1 cm³/mol. The maximum atomic E-state index is 11.4. The highest BCUT2D eigenvalue weighted by atomic mass is 35.5. The van der Waals surface area contributed by atoms with E-state index in [4.69, 9.17) is 10.5 Å². The molecule has 0 radical (unpaired) electrons. The van der Waals surface area contributed by atoms with Crippen molar-refractivity contribution in [3.05, 3.63) is 34.4 Å². The summed E-state index contributed by atoms with van der Waals surface area (Å²) in [6.07, 6.45) is 0.121. The third-order valence-corrected chi connectivity index (χ3v) is 2.41. The molecule has 112 valence electrons. The molecule has 0 aliphatic rings. The first kappa shape index (κ1) is 18.1. The molecule has 1 aromatic rings. The lowest BCUT2D eigenvalue weighted by Gasteiger charge is -2.11. The maximum Gasteiger partial charge on any atom is 0.310 e. The average molecular weight is 304 g/mol. The standard InChI is InChI=1S/C12H17N3O4.ClH/c1-9(8-13)14-12(16)6-7-19-11-5-3-2-4-10(11)15(17)18;/h2-5,9H,6-8,13H2,1H3,(H,14,16);1H/t9-;/m0./s1. The van der Waals surface area contributed by atoms with Gasteiger partial charge in [0.05, 0.1) is 18.0 Å². The Hall–Kier alpha value is -1.86. The van der Waals surface area contributed by atoms with Crippen molar-refractivity contribution in [3.63, 3.8) is 0 Å². The van der Waals surface area contributed by atoms with Crippen molar-refractivity contribution >= 4 is 24.0 Å². The van der Waals surface area contributed by atoms with Crippen LogP contribution >= 0.6 is 12.4 Å². The molecule has 0 spiro atoms. The molecule has 0 aliphatic heterocycles. The van der Waals surface area contributed by atoms with Gasteiger partial charge in [0.25, 0.3) is 0 Å². The van der Waals surface area contributed by atoms with Crippen molar-refractivity contribution in [2.45, 2.75) is 19.4 Å². The van der Waals surface area contributed by atoms with Crippen LogP contribution in [0.2, 0.25) is 0 Å². The number of nitro benzene ring substituents is 1. The fourth-order valence-corrected chi connectivity index (χ4v) is 1.39. The summed E-state index contributed by atoms with van der Waals surface area (Å²) in [6.45, 7) is 2.23. The molecule has 1 aromatic carbocycles. The topological polar surface area (TPSA) is 107 Å². The Morgan fingerprint density at radius 2 is 2.15 bits per heavy atom. The second kappa shape index (κ2) is 9.11. The second-order valence-electron chi connectivity index (χ2n) is 4.03. The van der Waals surface area contributed by atoms with Crippen molar-refractivity contribution < 1.29 is 14.5 Å². The Kier molecular flexibility index (Phi) is 8.26. The number of amides is 1. The Morgan fingerprint density at radius 3 is 2.75 bits per heavy atom. The number of nitrogens with one attached hydrogen (secondary N) is 1. The van der Waals surface area contributed by atoms with Crippen molar-refractivity contribution in [1.29, 1.82) is 0 Å². The van der Waals surface area contributed by atoms with E-state index < -0.39 is 4.92 Å². The molecule has 0 aliphatic carbocycles. The van der Waals surface area contributed by atoms with Gasteiger partial charge in [-0.2, -0.15) is 0 Å². The first-order valence-electron chi connectivity index (χ1n) is 5.90. The summed E-state index contributed by atoms with van der Waals surface area (Å²) in [4.78, 5) is 21.7. The van der Waals surface area contributed by atoms with Crippen molar-refractivity contribution in [1.82, 2.24) is 5.32 Å². The maximum absolute atomic E-state index is 11.4. The van der Waals surface area contributed by atoms with Crippen molar-refractivity contribution in [2.24, 2.45) is 5.73 Å².